The van der Waals surface area contributed by atoms with Gasteiger partial charge in [-0.05, 0) is 37.3 Å². The quantitative estimate of drug-likeness (QED) is 0.0610. The zero-order valence-corrected chi connectivity index (χ0v) is 26.0. The topological polar surface area (TPSA) is 71.1 Å². The molecule has 3 rings (SSSR count). The summed E-state index contributed by atoms with van der Waals surface area (Å²) in [5.74, 6) is 0.822. The Balaban J connectivity index is 1.81. The second kappa shape index (κ2) is 19.0. The molecular formula is C36H50O6. The van der Waals surface area contributed by atoms with E-state index < -0.39 is 12.3 Å². The third kappa shape index (κ3) is 10.5. The highest BCUT2D eigenvalue weighted by atomic mass is 16.7. The predicted octanol–water partition coefficient (Wildman–Crippen LogP) is 11.1. The van der Waals surface area contributed by atoms with E-state index in [4.69, 9.17) is 18.9 Å². The van der Waals surface area contributed by atoms with Gasteiger partial charge in [0.25, 0.3) is 0 Å². The van der Waals surface area contributed by atoms with Gasteiger partial charge in [0.1, 0.15) is 11.5 Å². The van der Waals surface area contributed by atoms with Gasteiger partial charge in [0.05, 0.1) is 13.2 Å². The molecule has 0 bridgehead atoms. The minimum atomic E-state index is -0.725. The molecule has 0 amide bonds. The van der Waals surface area contributed by atoms with Crippen molar-refractivity contribution in [2.75, 3.05) is 13.2 Å². The zero-order valence-electron chi connectivity index (χ0n) is 26.0. The van der Waals surface area contributed by atoms with Gasteiger partial charge in [0.15, 0.2) is 0 Å². The molecule has 0 unspecified atom stereocenters. The fraction of sp³-hybridized carbons (Fsp3) is 0.556. The molecule has 0 fully saturated rings. The summed E-state index contributed by atoms with van der Waals surface area (Å²) in [5, 5.41) is 2.73. The van der Waals surface area contributed by atoms with E-state index in [1.165, 1.54) is 38.5 Å². The maximum atomic E-state index is 12.8. The molecule has 230 valence electrons. The average molecular weight is 579 g/mol. The largest absolute Gasteiger partial charge is 0.513 e. The first-order chi connectivity index (χ1) is 20.6. The number of unbranched alkanes of at least 4 members (excludes halogenated alkanes) is 11. The number of fused-ring (bicyclic) bond motifs is 2. The molecule has 6 nitrogen and oxygen atoms in total. The fourth-order valence-electron chi connectivity index (χ4n) is 5.20. The molecule has 0 spiro atoms. The molecule has 0 saturated heterocycles. The van der Waals surface area contributed by atoms with E-state index in [-0.39, 0.29) is 0 Å². The van der Waals surface area contributed by atoms with Gasteiger partial charge in [-0.3, -0.25) is 0 Å². The van der Waals surface area contributed by atoms with E-state index in [1.54, 1.807) is 0 Å². The molecule has 3 aromatic rings. The van der Waals surface area contributed by atoms with Gasteiger partial charge < -0.3 is 18.9 Å². The number of hydrogen-bond acceptors (Lipinski definition) is 6. The lowest BCUT2D eigenvalue weighted by molar-refractivity contribution is 0.0965. The van der Waals surface area contributed by atoms with Crippen LogP contribution in [0.5, 0.6) is 11.5 Å². The maximum Gasteiger partial charge on any atom is 0.513 e. The van der Waals surface area contributed by atoms with Crippen LogP contribution in [0.25, 0.3) is 21.5 Å². The number of benzene rings is 3. The van der Waals surface area contributed by atoms with Crippen molar-refractivity contribution in [3.63, 3.8) is 0 Å². The molecule has 6 heteroatoms. The SMILES string of the molecule is CCCCCCCCOC(=O)Oc1c2ccccc2c(OC(=O)OCCCCCCCC)c2cc(CCCC)ccc12. The smallest absolute Gasteiger partial charge is 0.434 e. The highest BCUT2D eigenvalue weighted by molar-refractivity contribution is 6.12. The number of carbonyl (C=O) groups excluding carboxylic acids is 2. The van der Waals surface area contributed by atoms with E-state index in [0.717, 1.165) is 63.4 Å². The maximum absolute atomic E-state index is 12.8. The number of rotatable bonds is 19. The summed E-state index contributed by atoms with van der Waals surface area (Å²) >= 11 is 0. The van der Waals surface area contributed by atoms with Gasteiger partial charge in [0, 0.05) is 21.5 Å². The van der Waals surface area contributed by atoms with Gasteiger partial charge in [-0.2, -0.15) is 0 Å². The Labute approximate surface area is 252 Å². The van der Waals surface area contributed by atoms with E-state index in [9.17, 15) is 9.59 Å². The molecule has 0 N–H and O–H groups in total. The first kappa shape index (κ1) is 33.2. The molecule has 42 heavy (non-hydrogen) atoms. The molecule has 0 aliphatic carbocycles. The molecule has 3 aromatic carbocycles. The Kier molecular flexibility index (Phi) is 15.0. The second-order valence-electron chi connectivity index (χ2n) is 11.1. The Hall–Kier alpha value is -3.28. The number of ether oxygens (including phenoxy) is 4. The van der Waals surface area contributed by atoms with Crippen molar-refractivity contribution in [2.24, 2.45) is 0 Å². The van der Waals surface area contributed by atoms with Crippen molar-refractivity contribution in [3.8, 4) is 11.5 Å². The standard InChI is InChI=1S/C36H50O6/c1-4-7-10-12-14-18-25-39-35(37)41-33-29-21-16-17-22-30(29)34(32-27-28(20-9-6-3)23-24-31(32)33)42-36(38)40-26-19-15-13-11-8-5-2/h16-17,21-24,27H,4-15,18-20,25-26H2,1-3H3. The van der Waals surface area contributed by atoms with E-state index in [2.05, 4.69) is 20.8 Å². The van der Waals surface area contributed by atoms with Crippen molar-refractivity contribution in [1.29, 1.82) is 0 Å². The third-order valence-electron chi connectivity index (χ3n) is 7.61. The fourth-order valence-corrected chi connectivity index (χ4v) is 5.20. The molecule has 0 radical (unpaired) electrons. The van der Waals surface area contributed by atoms with Crippen LogP contribution in [0.2, 0.25) is 0 Å². The van der Waals surface area contributed by atoms with Crippen LogP contribution in [0.15, 0.2) is 42.5 Å². The molecular weight excluding hydrogens is 528 g/mol. The van der Waals surface area contributed by atoms with Crippen LogP contribution in [-0.2, 0) is 15.9 Å². The molecule has 0 aliphatic heterocycles. The molecule has 0 heterocycles. The lowest BCUT2D eigenvalue weighted by atomic mass is 9.97. The summed E-state index contributed by atoms with van der Waals surface area (Å²) in [6.45, 7) is 7.20. The van der Waals surface area contributed by atoms with Gasteiger partial charge in [0.2, 0.25) is 0 Å². The summed E-state index contributed by atoms with van der Waals surface area (Å²) in [6.07, 6.45) is 14.8. The van der Waals surface area contributed by atoms with Crippen LogP contribution in [-0.4, -0.2) is 25.5 Å². The number of carbonyl (C=O) groups is 2. The highest BCUT2D eigenvalue weighted by Crippen LogP contribution is 2.43. The van der Waals surface area contributed by atoms with Gasteiger partial charge in [-0.15, -0.1) is 0 Å². The molecule has 0 aromatic heterocycles. The monoisotopic (exact) mass is 578 g/mol. The Bertz CT molecular complexity index is 1250. The lowest BCUT2D eigenvalue weighted by Crippen LogP contribution is -2.14. The third-order valence-corrected chi connectivity index (χ3v) is 7.61. The average Bonchev–Trinajstić information content (AvgIpc) is 3.00. The summed E-state index contributed by atoms with van der Waals surface area (Å²) in [4.78, 5) is 25.6. The lowest BCUT2D eigenvalue weighted by Gasteiger charge is -2.17. The van der Waals surface area contributed by atoms with Crippen molar-refractivity contribution < 1.29 is 28.5 Å². The normalized spacial score (nSPS) is 11.1. The summed E-state index contributed by atoms with van der Waals surface area (Å²) < 4.78 is 22.6. The first-order valence-electron chi connectivity index (χ1n) is 16.3. The Morgan fingerprint density at radius 3 is 1.50 bits per heavy atom. The van der Waals surface area contributed by atoms with Gasteiger partial charge in [-0.1, -0.05) is 128 Å². The number of aryl methyl sites for hydroxylation is 1. The minimum absolute atomic E-state index is 0.327. The van der Waals surface area contributed by atoms with E-state index in [1.807, 2.05) is 42.5 Å². The molecule has 0 saturated carbocycles. The van der Waals surface area contributed by atoms with Crippen molar-refractivity contribution in [1.82, 2.24) is 0 Å². The van der Waals surface area contributed by atoms with Gasteiger partial charge >= 0.3 is 12.3 Å². The van der Waals surface area contributed by atoms with Crippen LogP contribution in [0.3, 0.4) is 0 Å². The van der Waals surface area contributed by atoms with Crippen LogP contribution in [0, 0.1) is 0 Å². The van der Waals surface area contributed by atoms with Crippen molar-refractivity contribution >= 4 is 33.9 Å². The Morgan fingerprint density at radius 1 is 0.524 bits per heavy atom. The molecule has 0 aliphatic rings. The van der Waals surface area contributed by atoms with Crippen molar-refractivity contribution in [2.45, 2.75) is 117 Å². The highest BCUT2D eigenvalue weighted by Gasteiger charge is 2.21. The first-order valence-corrected chi connectivity index (χ1v) is 16.3. The summed E-state index contributed by atoms with van der Waals surface area (Å²) in [7, 11) is 0. The van der Waals surface area contributed by atoms with E-state index in [0.29, 0.717) is 46.3 Å². The van der Waals surface area contributed by atoms with E-state index >= 15 is 0 Å². The summed E-state index contributed by atoms with van der Waals surface area (Å²) in [6, 6.07) is 13.5. The second-order valence-corrected chi connectivity index (χ2v) is 11.1. The van der Waals surface area contributed by atoms with Crippen LogP contribution in [0.4, 0.5) is 9.59 Å². The van der Waals surface area contributed by atoms with Gasteiger partial charge in [-0.25, -0.2) is 9.59 Å². The molecule has 0 atom stereocenters. The number of hydrogen-bond donors (Lipinski definition) is 0. The minimum Gasteiger partial charge on any atom is -0.434 e. The van der Waals surface area contributed by atoms with Crippen LogP contribution in [0.1, 0.15) is 116 Å². The zero-order chi connectivity index (χ0) is 30.0. The van der Waals surface area contributed by atoms with Crippen LogP contribution < -0.4 is 9.47 Å². The summed E-state index contributed by atoms with van der Waals surface area (Å²) in [5.41, 5.74) is 1.13. The van der Waals surface area contributed by atoms with Crippen LogP contribution >= 0.6 is 0 Å². The van der Waals surface area contributed by atoms with Crippen molar-refractivity contribution in [3.05, 3.63) is 48.0 Å². The predicted molar refractivity (Wildman–Crippen MR) is 171 cm³/mol. The Morgan fingerprint density at radius 2 is 0.976 bits per heavy atom.